The third-order valence-electron chi connectivity index (χ3n) is 2.60. The summed E-state index contributed by atoms with van der Waals surface area (Å²) in [5, 5.41) is 10.6. The second-order valence-electron chi connectivity index (χ2n) is 4.33. The molecule has 0 unspecified atom stereocenters. The van der Waals surface area contributed by atoms with Crippen molar-refractivity contribution in [2.24, 2.45) is 10.2 Å². The van der Waals surface area contributed by atoms with Crippen molar-refractivity contribution in [2.45, 2.75) is 32.4 Å². The zero-order chi connectivity index (χ0) is 11.6. The molecule has 0 saturated heterocycles. The Hall–Kier alpha value is -1.71. The molecule has 0 bridgehead atoms. The lowest BCUT2D eigenvalue weighted by Gasteiger charge is -2.06. The fourth-order valence-electron chi connectivity index (χ4n) is 1.40. The van der Waals surface area contributed by atoms with Crippen LogP contribution in [-0.2, 0) is 4.79 Å². The quantitative estimate of drug-likeness (QED) is 0.828. The maximum absolute atomic E-state index is 11.6. The molecule has 1 aliphatic rings. The maximum atomic E-state index is 11.6. The van der Waals surface area contributed by atoms with Gasteiger partial charge in [0.2, 0.25) is 5.91 Å². The van der Waals surface area contributed by atoms with Gasteiger partial charge in [-0.3, -0.25) is 4.79 Å². The van der Waals surface area contributed by atoms with Crippen molar-refractivity contribution in [1.29, 1.82) is 0 Å². The average molecular weight is 217 g/mol. The summed E-state index contributed by atoms with van der Waals surface area (Å²) in [6.07, 6.45) is 1.14. The molecule has 1 aliphatic heterocycles. The van der Waals surface area contributed by atoms with Crippen molar-refractivity contribution >= 4 is 11.6 Å². The molecule has 1 amide bonds. The molecule has 0 atom stereocenters. The minimum atomic E-state index is -0.287. The number of hydrogen-bond acceptors (Lipinski definition) is 3. The van der Waals surface area contributed by atoms with E-state index in [9.17, 15) is 4.79 Å². The van der Waals surface area contributed by atoms with E-state index in [2.05, 4.69) is 15.5 Å². The van der Waals surface area contributed by atoms with E-state index >= 15 is 0 Å². The first kappa shape index (κ1) is 10.8. The molecule has 0 aliphatic carbocycles. The van der Waals surface area contributed by atoms with E-state index in [1.807, 2.05) is 38.1 Å². The van der Waals surface area contributed by atoms with Crippen LogP contribution in [0, 0.1) is 6.92 Å². The number of hydrogen-bond donors (Lipinski definition) is 1. The van der Waals surface area contributed by atoms with Crippen LogP contribution >= 0.6 is 0 Å². The highest BCUT2D eigenvalue weighted by Gasteiger charge is 2.33. The second kappa shape index (κ2) is 4.04. The Labute approximate surface area is 94.8 Å². The smallest absolute Gasteiger partial charge is 0.224 e. The fraction of sp³-hybridized carbons (Fsp3) is 0.417. The van der Waals surface area contributed by atoms with Crippen molar-refractivity contribution in [2.75, 3.05) is 5.32 Å². The summed E-state index contributed by atoms with van der Waals surface area (Å²) < 4.78 is 0. The standard InChI is InChI=1S/C12H15N3O/c1-9-3-5-10(6-4-9)13-11(16)7-8-12(2)14-15-12/h3-6H,7-8H2,1-2H3,(H,13,16). The highest BCUT2D eigenvalue weighted by Crippen LogP contribution is 2.31. The van der Waals surface area contributed by atoms with Crippen molar-refractivity contribution in [3.8, 4) is 0 Å². The lowest BCUT2D eigenvalue weighted by atomic mass is 10.1. The van der Waals surface area contributed by atoms with E-state index in [-0.39, 0.29) is 11.6 Å². The summed E-state index contributed by atoms with van der Waals surface area (Å²) in [4.78, 5) is 11.6. The normalized spacial score (nSPS) is 15.9. The lowest BCUT2D eigenvalue weighted by molar-refractivity contribution is -0.116. The van der Waals surface area contributed by atoms with Crippen LogP contribution in [0.5, 0.6) is 0 Å². The molecular formula is C12H15N3O. The Bertz CT molecular complexity index is 416. The number of nitrogens with one attached hydrogen (secondary N) is 1. The van der Waals surface area contributed by atoms with E-state index in [1.165, 1.54) is 5.56 Å². The average Bonchev–Trinajstić information content (AvgIpc) is 2.98. The Morgan fingerprint density at radius 1 is 1.31 bits per heavy atom. The van der Waals surface area contributed by atoms with E-state index in [4.69, 9.17) is 0 Å². The zero-order valence-corrected chi connectivity index (χ0v) is 9.53. The number of rotatable bonds is 4. The molecule has 1 aromatic carbocycles. The Balaban J connectivity index is 1.80. The summed E-state index contributed by atoms with van der Waals surface area (Å²) in [7, 11) is 0. The summed E-state index contributed by atoms with van der Waals surface area (Å²) in [5.41, 5.74) is 1.73. The highest BCUT2D eigenvalue weighted by atomic mass is 16.1. The largest absolute Gasteiger partial charge is 0.326 e. The number of carbonyl (C=O) groups excluding carboxylic acids is 1. The molecule has 0 aromatic heterocycles. The molecule has 0 spiro atoms. The van der Waals surface area contributed by atoms with Crippen LogP contribution in [0.4, 0.5) is 5.69 Å². The van der Waals surface area contributed by atoms with E-state index in [1.54, 1.807) is 0 Å². The van der Waals surface area contributed by atoms with Crippen LogP contribution in [0.1, 0.15) is 25.3 Å². The van der Waals surface area contributed by atoms with E-state index < -0.39 is 0 Å². The number of aryl methyl sites for hydroxylation is 1. The summed E-state index contributed by atoms with van der Waals surface area (Å²) in [6, 6.07) is 7.76. The van der Waals surface area contributed by atoms with Gasteiger partial charge in [-0.25, -0.2) is 0 Å². The summed E-state index contributed by atoms with van der Waals surface area (Å²) >= 11 is 0. The SMILES string of the molecule is Cc1ccc(NC(=O)CCC2(C)N=N2)cc1. The van der Waals surface area contributed by atoms with Gasteiger partial charge in [-0.1, -0.05) is 17.7 Å². The van der Waals surface area contributed by atoms with Gasteiger partial charge in [0.25, 0.3) is 0 Å². The summed E-state index contributed by atoms with van der Waals surface area (Å²) in [6.45, 7) is 3.94. The topological polar surface area (TPSA) is 53.8 Å². The minimum Gasteiger partial charge on any atom is -0.326 e. The molecule has 1 aromatic rings. The van der Waals surface area contributed by atoms with Gasteiger partial charge in [-0.2, -0.15) is 10.2 Å². The van der Waals surface area contributed by atoms with Gasteiger partial charge in [-0.15, -0.1) is 0 Å². The van der Waals surface area contributed by atoms with Crippen molar-refractivity contribution in [1.82, 2.24) is 0 Å². The van der Waals surface area contributed by atoms with Crippen LogP contribution in [0.25, 0.3) is 0 Å². The molecule has 1 N–H and O–H groups in total. The molecule has 84 valence electrons. The first-order valence-corrected chi connectivity index (χ1v) is 5.38. The molecular weight excluding hydrogens is 202 g/mol. The molecule has 2 rings (SSSR count). The Kier molecular flexibility index (Phi) is 2.73. The molecule has 4 nitrogen and oxygen atoms in total. The van der Waals surface area contributed by atoms with Crippen molar-refractivity contribution in [3.05, 3.63) is 29.8 Å². The monoisotopic (exact) mass is 217 g/mol. The maximum Gasteiger partial charge on any atom is 0.224 e. The van der Waals surface area contributed by atoms with Crippen LogP contribution in [0.3, 0.4) is 0 Å². The predicted octanol–water partition coefficient (Wildman–Crippen LogP) is 2.90. The second-order valence-corrected chi connectivity index (χ2v) is 4.33. The van der Waals surface area contributed by atoms with Crippen LogP contribution in [0.15, 0.2) is 34.5 Å². The summed E-state index contributed by atoms with van der Waals surface area (Å²) in [5.74, 6) is 0.0161. The first-order chi connectivity index (χ1) is 7.57. The van der Waals surface area contributed by atoms with Gasteiger partial charge in [-0.05, 0) is 26.0 Å². The zero-order valence-electron chi connectivity index (χ0n) is 9.53. The number of amides is 1. The predicted molar refractivity (Wildman–Crippen MR) is 62.3 cm³/mol. The molecule has 0 saturated carbocycles. The van der Waals surface area contributed by atoms with E-state index in [0.29, 0.717) is 12.8 Å². The van der Waals surface area contributed by atoms with Crippen LogP contribution in [-0.4, -0.2) is 11.6 Å². The number of anilines is 1. The lowest BCUT2D eigenvalue weighted by Crippen LogP contribution is -2.15. The minimum absolute atomic E-state index is 0.0161. The first-order valence-electron chi connectivity index (χ1n) is 5.38. The van der Waals surface area contributed by atoms with Gasteiger partial charge < -0.3 is 5.32 Å². The third-order valence-corrected chi connectivity index (χ3v) is 2.60. The van der Waals surface area contributed by atoms with Crippen LogP contribution < -0.4 is 5.32 Å². The Morgan fingerprint density at radius 2 is 1.94 bits per heavy atom. The van der Waals surface area contributed by atoms with Gasteiger partial charge in [0.15, 0.2) is 5.66 Å². The fourth-order valence-corrected chi connectivity index (χ4v) is 1.40. The van der Waals surface area contributed by atoms with Gasteiger partial charge in [0, 0.05) is 18.5 Å². The van der Waals surface area contributed by atoms with Gasteiger partial charge >= 0.3 is 0 Å². The number of carbonyl (C=O) groups is 1. The molecule has 16 heavy (non-hydrogen) atoms. The molecule has 0 fully saturated rings. The van der Waals surface area contributed by atoms with Gasteiger partial charge in [0.05, 0.1) is 0 Å². The molecule has 1 heterocycles. The van der Waals surface area contributed by atoms with Crippen molar-refractivity contribution in [3.63, 3.8) is 0 Å². The van der Waals surface area contributed by atoms with Crippen molar-refractivity contribution < 1.29 is 4.79 Å². The Morgan fingerprint density at radius 3 is 2.50 bits per heavy atom. The molecule has 4 heteroatoms. The van der Waals surface area contributed by atoms with E-state index in [0.717, 1.165) is 5.69 Å². The van der Waals surface area contributed by atoms with Gasteiger partial charge in [0.1, 0.15) is 0 Å². The number of benzene rings is 1. The number of nitrogens with zero attached hydrogens (tertiary/aromatic N) is 2. The highest BCUT2D eigenvalue weighted by molar-refractivity contribution is 5.90. The van der Waals surface area contributed by atoms with Crippen LogP contribution in [0.2, 0.25) is 0 Å². The third kappa shape index (κ3) is 2.89. The molecule has 0 radical (unpaired) electrons.